The van der Waals surface area contributed by atoms with E-state index in [1.165, 1.54) is 6.20 Å². The topological polar surface area (TPSA) is 70.4 Å². The minimum atomic E-state index is -1.55. The Morgan fingerprint density at radius 3 is 2.33 bits per heavy atom. The molecule has 4 nitrogen and oxygen atoms in total. The van der Waals surface area contributed by atoms with Crippen molar-refractivity contribution in [1.29, 1.82) is 0 Å². The molecule has 1 heterocycles. The van der Waals surface area contributed by atoms with Crippen molar-refractivity contribution in [2.45, 2.75) is 12.0 Å². The smallest absolute Gasteiger partial charge is 0.307 e. The Hall–Kier alpha value is -2.20. The van der Waals surface area contributed by atoms with Crippen LogP contribution in [0.2, 0.25) is 0 Å². The van der Waals surface area contributed by atoms with Crippen LogP contribution in [0, 0.1) is 0 Å². The maximum absolute atomic E-state index is 11.0. The van der Waals surface area contributed by atoms with Gasteiger partial charge < -0.3 is 10.2 Å². The van der Waals surface area contributed by atoms with Crippen LogP contribution in [0.1, 0.15) is 17.5 Å². The predicted molar refractivity (Wildman–Crippen MR) is 65.9 cm³/mol. The zero-order valence-electron chi connectivity index (χ0n) is 9.65. The second kappa shape index (κ2) is 4.98. The minimum Gasteiger partial charge on any atom is -0.481 e. The lowest BCUT2D eigenvalue weighted by Gasteiger charge is -2.27. The average Bonchev–Trinajstić information content (AvgIpc) is 2.40. The highest BCUT2D eigenvalue weighted by Gasteiger charge is 2.34. The van der Waals surface area contributed by atoms with Crippen molar-refractivity contribution in [3.8, 4) is 0 Å². The molecule has 1 atom stereocenters. The van der Waals surface area contributed by atoms with Gasteiger partial charge in [0.2, 0.25) is 0 Å². The molecule has 0 radical (unpaired) electrons. The largest absolute Gasteiger partial charge is 0.481 e. The number of nitrogens with zero attached hydrogens (tertiary/aromatic N) is 1. The second-order valence-corrected chi connectivity index (χ2v) is 4.04. The number of aromatic nitrogens is 1. The van der Waals surface area contributed by atoms with Crippen molar-refractivity contribution in [3.05, 3.63) is 66.0 Å². The van der Waals surface area contributed by atoms with Gasteiger partial charge in [-0.15, -0.1) is 0 Å². The third-order valence-electron chi connectivity index (χ3n) is 2.80. The normalized spacial score (nSPS) is 13.8. The van der Waals surface area contributed by atoms with Crippen LogP contribution in [0.5, 0.6) is 0 Å². The van der Waals surface area contributed by atoms with E-state index in [1.807, 2.05) is 6.07 Å². The fraction of sp³-hybridized carbons (Fsp3) is 0.143. The van der Waals surface area contributed by atoms with Gasteiger partial charge in [0.1, 0.15) is 5.60 Å². The van der Waals surface area contributed by atoms with Gasteiger partial charge in [0, 0.05) is 18.0 Å². The first kappa shape index (κ1) is 12.3. The van der Waals surface area contributed by atoms with Gasteiger partial charge in [0.05, 0.1) is 6.42 Å². The summed E-state index contributed by atoms with van der Waals surface area (Å²) >= 11 is 0. The summed E-state index contributed by atoms with van der Waals surface area (Å²) in [4.78, 5) is 14.9. The molecule has 92 valence electrons. The monoisotopic (exact) mass is 243 g/mol. The van der Waals surface area contributed by atoms with Crippen molar-refractivity contribution >= 4 is 5.97 Å². The molecule has 0 aliphatic heterocycles. The summed E-state index contributed by atoms with van der Waals surface area (Å²) in [6.07, 6.45) is 2.66. The molecule has 0 saturated heterocycles. The van der Waals surface area contributed by atoms with Crippen LogP contribution >= 0.6 is 0 Å². The Kier molecular flexibility index (Phi) is 3.39. The Bertz CT molecular complexity index is 486. The van der Waals surface area contributed by atoms with Crippen molar-refractivity contribution in [2.75, 3.05) is 0 Å². The highest BCUT2D eigenvalue weighted by Crippen LogP contribution is 2.32. The summed E-state index contributed by atoms with van der Waals surface area (Å²) < 4.78 is 0. The number of rotatable bonds is 4. The van der Waals surface area contributed by atoms with Gasteiger partial charge in [0.15, 0.2) is 0 Å². The van der Waals surface area contributed by atoms with Crippen LogP contribution in [-0.2, 0) is 10.4 Å². The maximum Gasteiger partial charge on any atom is 0.307 e. The summed E-state index contributed by atoms with van der Waals surface area (Å²) in [5.41, 5.74) is -0.541. The average molecular weight is 243 g/mol. The maximum atomic E-state index is 11.0. The van der Waals surface area contributed by atoms with Crippen LogP contribution < -0.4 is 0 Å². The fourth-order valence-electron chi connectivity index (χ4n) is 1.91. The quantitative estimate of drug-likeness (QED) is 0.858. The van der Waals surface area contributed by atoms with Gasteiger partial charge in [-0.05, 0) is 11.6 Å². The van der Waals surface area contributed by atoms with Gasteiger partial charge in [0.25, 0.3) is 0 Å². The Morgan fingerprint density at radius 1 is 1.11 bits per heavy atom. The van der Waals surface area contributed by atoms with Crippen molar-refractivity contribution in [1.82, 2.24) is 4.98 Å². The SMILES string of the molecule is O=C(O)C[C@@](O)(c1ccccc1)c1cccnc1. The summed E-state index contributed by atoms with van der Waals surface area (Å²) in [7, 11) is 0. The number of hydrogen-bond acceptors (Lipinski definition) is 3. The van der Waals surface area contributed by atoms with E-state index < -0.39 is 18.0 Å². The van der Waals surface area contributed by atoms with E-state index in [0.29, 0.717) is 11.1 Å². The third kappa shape index (κ3) is 2.38. The van der Waals surface area contributed by atoms with Crippen LogP contribution in [0.25, 0.3) is 0 Å². The van der Waals surface area contributed by atoms with Crippen molar-refractivity contribution in [2.24, 2.45) is 0 Å². The highest BCUT2D eigenvalue weighted by molar-refractivity contribution is 5.69. The molecule has 1 aromatic carbocycles. The lowest BCUT2D eigenvalue weighted by molar-refractivity contribution is -0.141. The third-order valence-corrected chi connectivity index (χ3v) is 2.80. The lowest BCUT2D eigenvalue weighted by atomic mass is 9.84. The first-order valence-corrected chi connectivity index (χ1v) is 5.53. The van der Waals surface area contributed by atoms with Crippen LogP contribution in [-0.4, -0.2) is 21.2 Å². The van der Waals surface area contributed by atoms with Gasteiger partial charge in [-0.2, -0.15) is 0 Å². The molecular formula is C14H13NO3. The van der Waals surface area contributed by atoms with E-state index >= 15 is 0 Å². The zero-order chi connectivity index (χ0) is 13.0. The molecule has 2 aromatic rings. The Balaban J connectivity index is 2.51. The minimum absolute atomic E-state index is 0.400. The second-order valence-electron chi connectivity index (χ2n) is 4.04. The number of hydrogen-bond donors (Lipinski definition) is 2. The highest BCUT2D eigenvalue weighted by atomic mass is 16.4. The number of aliphatic hydroxyl groups is 1. The Morgan fingerprint density at radius 2 is 1.78 bits per heavy atom. The van der Waals surface area contributed by atoms with Gasteiger partial charge >= 0.3 is 5.97 Å². The molecule has 0 unspecified atom stereocenters. The molecule has 0 aliphatic rings. The van der Waals surface area contributed by atoms with E-state index in [0.717, 1.165) is 0 Å². The van der Waals surface area contributed by atoms with E-state index in [4.69, 9.17) is 5.11 Å². The van der Waals surface area contributed by atoms with E-state index in [9.17, 15) is 9.90 Å². The van der Waals surface area contributed by atoms with Crippen molar-refractivity contribution in [3.63, 3.8) is 0 Å². The van der Waals surface area contributed by atoms with Gasteiger partial charge in [-0.3, -0.25) is 9.78 Å². The molecule has 0 bridgehead atoms. The molecule has 0 fully saturated rings. The number of carboxylic acid groups (broad SMARTS) is 1. The lowest BCUT2D eigenvalue weighted by Crippen LogP contribution is -2.30. The molecule has 0 amide bonds. The van der Waals surface area contributed by atoms with Crippen molar-refractivity contribution < 1.29 is 15.0 Å². The Labute approximate surface area is 105 Å². The first-order chi connectivity index (χ1) is 8.63. The molecule has 4 heteroatoms. The number of carbonyl (C=O) groups is 1. The predicted octanol–water partition coefficient (Wildman–Crippen LogP) is 1.79. The number of carboxylic acids is 1. The van der Waals surface area contributed by atoms with E-state index in [-0.39, 0.29) is 0 Å². The van der Waals surface area contributed by atoms with E-state index in [1.54, 1.807) is 42.6 Å². The summed E-state index contributed by atoms with van der Waals surface area (Å²) in [5.74, 6) is -1.06. The summed E-state index contributed by atoms with van der Waals surface area (Å²) in [6, 6.07) is 12.1. The molecule has 2 N–H and O–H groups in total. The number of pyridine rings is 1. The van der Waals surface area contributed by atoms with Gasteiger partial charge in [-0.25, -0.2) is 0 Å². The zero-order valence-corrected chi connectivity index (χ0v) is 9.65. The summed E-state index contributed by atoms with van der Waals surface area (Å²) in [5, 5.41) is 19.7. The molecule has 2 rings (SSSR count). The number of benzene rings is 1. The van der Waals surface area contributed by atoms with Crippen LogP contribution in [0.15, 0.2) is 54.9 Å². The molecule has 0 spiro atoms. The van der Waals surface area contributed by atoms with Gasteiger partial charge in [-0.1, -0.05) is 36.4 Å². The standard InChI is InChI=1S/C14H13NO3/c16-13(17)9-14(18,11-5-2-1-3-6-11)12-7-4-8-15-10-12/h1-8,10,18H,9H2,(H,16,17)/t14-/m1/s1. The molecule has 18 heavy (non-hydrogen) atoms. The number of aliphatic carboxylic acids is 1. The van der Waals surface area contributed by atoms with E-state index in [2.05, 4.69) is 4.98 Å². The fourth-order valence-corrected chi connectivity index (χ4v) is 1.91. The molecular weight excluding hydrogens is 230 g/mol. The summed E-state index contributed by atoms with van der Waals surface area (Å²) in [6.45, 7) is 0. The van der Waals surface area contributed by atoms with Crippen LogP contribution in [0.4, 0.5) is 0 Å². The van der Waals surface area contributed by atoms with Crippen LogP contribution in [0.3, 0.4) is 0 Å². The molecule has 1 aromatic heterocycles. The molecule has 0 saturated carbocycles. The molecule has 0 aliphatic carbocycles. The first-order valence-electron chi connectivity index (χ1n) is 5.53.